The van der Waals surface area contributed by atoms with Gasteiger partial charge in [0.25, 0.3) is 0 Å². The standard InChI is InChI=1S/C12H18ClNO3S/c1-10(15)9-14(2)18(16,17)12-5-3-11(4-6-12)7-8-13/h3-6,10,15H,7-9H2,1-2H3. The first-order valence-electron chi connectivity index (χ1n) is 5.67. The minimum absolute atomic E-state index is 0.0752. The lowest BCUT2D eigenvalue weighted by Gasteiger charge is -2.18. The molecule has 1 aromatic rings. The zero-order chi connectivity index (χ0) is 13.8. The molecule has 18 heavy (non-hydrogen) atoms. The molecule has 1 rings (SSSR count). The van der Waals surface area contributed by atoms with Gasteiger partial charge in [-0.3, -0.25) is 0 Å². The van der Waals surface area contributed by atoms with Gasteiger partial charge in [-0.15, -0.1) is 11.6 Å². The van der Waals surface area contributed by atoms with Crippen molar-refractivity contribution in [1.82, 2.24) is 4.31 Å². The van der Waals surface area contributed by atoms with Gasteiger partial charge in [-0.1, -0.05) is 12.1 Å². The number of hydrogen-bond donors (Lipinski definition) is 1. The summed E-state index contributed by atoms with van der Waals surface area (Å²) in [6.07, 6.45) is 0.0195. The second-order valence-corrected chi connectivity index (χ2v) is 6.64. The largest absolute Gasteiger partial charge is 0.392 e. The summed E-state index contributed by atoms with van der Waals surface area (Å²) >= 11 is 5.62. The molecule has 102 valence electrons. The van der Waals surface area contributed by atoms with E-state index in [-0.39, 0.29) is 11.4 Å². The lowest BCUT2D eigenvalue weighted by molar-refractivity contribution is 0.171. The number of aliphatic hydroxyl groups is 1. The van der Waals surface area contributed by atoms with Crippen LogP contribution in [0.4, 0.5) is 0 Å². The molecule has 0 aliphatic carbocycles. The minimum Gasteiger partial charge on any atom is -0.392 e. The molecule has 1 unspecified atom stereocenters. The van der Waals surface area contributed by atoms with E-state index in [2.05, 4.69) is 0 Å². The summed E-state index contributed by atoms with van der Waals surface area (Å²) in [6.45, 7) is 1.63. The smallest absolute Gasteiger partial charge is 0.242 e. The van der Waals surface area contributed by atoms with Gasteiger partial charge < -0.3 is 5.11 Å². The molecule has 0 aliphatic heterocycles. The van der Waals surface area contributed by atoms with Gasteiger partial charge in [0.05, 0.1) is 11.0 Å². The van der Waals surface area contributed by atoms with Crippen molar-refractivity contribution in [3.63, 3.8) is 0 Å². The molecule has 1 atom stereocenters. The normalized spacial score (nSPS) is 13.8. The van der Waals surface area contributed by atoms with Gasteiger partial charge in [0, 0.05) is 19.5 Å². The summed E-state index contributed by atoms with van der Waals surface area (Å²) in [5.74, 6) is 0.508. The van der Waals surface area contributed by atoms with Crippen LogP contribution in [0.15, 0.2) is 29.2 Å². The molecule has 0 aliphatic rings. The van der Waals surface area contributed by atoms with Crippen LogP contribution in [0.25, 0.3) is 0 Å². The molecule has 0 bridgehead atoms. The van der Waals surface area contributed by atoms with Gasteiger partial charge in [-0.25, -0.2) is 8.42 Å². The average molecular weight is 292 g/mol. The fourth-order valence-electron chi connectivity index (χ4n) is 1.59. The second-order valence-electron chi connectivity index (χ2n) is 4.22. The highest BCUT2D eigenvalue weighted by Crippen LogP contribution is 2.16. The van der Waals surface area contributed by atoms with Gasteiger partial charge in [0.1, 0.15) is 0 Å². The van der Waals surface area contributed by atoms with Crippen molar-refractivity contribution >= 4 is 21.6 Å². The summed E-state index contributed by atoms with van der Waals surface area (Å²) in [5.41, 5.74) is 1.00. The Morgan fingerprint density at radius 1 is 1.33 bits per heavy atom. The Morgan fingerprint density at radius 2 is 1.89 bits per heavy atom. The number of sulfonamides is 1. The minimum atomic E-state index is -3.53. The highest BCUT2D eigenvalue weighted by molar-refractivity contribution is 7.89. The third-order valence-corrected chi connectivity index (χ3v) is 4.56. The lowest BCUT2D eigenvalue weighted by atomic mass is 10.2. The van der Waals surface area contributed by atoms with Crippen LogP contribution in [0.5, 0.6) is 0 Å². The third-order valence-electron chi connectivity index (χ3n) is 2.54. The number of hydrogen-bond acceptors (Lipinski definition) is 3. The molecular formula is C12H18ClNO3S. The summed E-state index contributed by atoms with van der Waals surface area (Å²) < 4.78 is 25.4. The van der Waals surface area contributed by atoms with Gasteiger partial charge in [-0.2, -0.15) is 4.31 Å². The fourth-order valence-corrected chi connectivity index (χ4v) is 3.06. The van der Waals surface area contributed by atoms with Crippen molar-refractivity contribution in [3.05, 3.63) is 29.8 Å². The predicted octanol–water partition coefficient (Wildman–Crippen LogP) is 1.47. The van der Waals surface area contributed by atoms with E-state index in [1.165, 1.54) is 7.05 Å². The van der Waals surface area contributed by atoms with E-state index in [0.717, 1.165) is 9.87 Å². The molecule has 0 saturated carbocycles. The molecule has 0 spiro atoms. The van der Waals surface area contributed by atoms with Gasteiger partial charge in [-0.05, 0) is 31.0 Å². The number of halogens is 1. The maximum absolute atomic E-state index is 12.1. The molecular weight excluding hydrogens is 274 g/mol. The number of alkyl halides is 1. The number of benzene rings is 1. The van der Waals surface area contributed by atoms with E-state index in [9.17, 15) is 13.5 Å². The van der Waals surface area contributed by atoms with E-state index in [1.54, 1.807) is 31.2 Å². The number of aryl methyl sites for hydroxylation is 1. The highest BCUT2D eigenvalue weighted by Gasteiger charge is 2.21. The third kappa shape index (κ3) is 3.95. The van der Waals surface area contributed by atoms with Crippen molar-refractivity contribution in [2.75, 3.05) is 19.5 Å². The monoisotopic (exact) mass is 291 g/mol. The topological polar surface area (TPSA) is 57.6 Å². The summed E-state index contributed by atoms with van der Waals surface area (Å²) in [4.78, 5) is 0.226. The van der Waals surface area contributed by atoms with Crippen molar-refractivity contribution in [3.8, 4) is 0 Å². The maximum atomic E-state index is 12.1. The molecule has 0 amide bonds. The van der Waals surface area contributed by atoms with Gasteiger partial charge >= 0.3 is 0 Å². The lowest BCUT2D eigenvalue weighted by Crippen LogP contribution is -2.33. The first kappa shape index (κ1) is 15.4. The molecule has 6 heteroatoms. The molecule has 4 nitrogen and oxygen atoms in total. The molecule has 0 radical (unpaired) electrons. The van der Waals surface area contributed by atoms with Crippen molar-refractivity contribution < 1.29 is 13.5 Å². The molecule has 1 aromatic carbocycles. The molecule has 0 aromatic heterocycles. The average Bonchev–Trinajstić information content (AvgIpc) is 2.29. The van der Waals surface area contributed by atoms with Crippen LogP contribution in [0.2, 0.25) is 0 Å². The molecule has 0 fully saturated rings. The van der Waals surface area contributed by atoms with Crippen LogP contribution in [0.3, 0.4) is 0 Å². The zero-order valence-corrected chi connectivity index (χ0v) is 12.1. The van der Waals surface area contributed by atoms with Crippen LogP contribution in [-0.2, 0) is 16.4 Å². The molecule has 0 saturated heterocycles. The van der Waals surface area contributed by atoms with E-state index in [1.807, 2.05) is 0 Å². The number of likely N-dealkylation sites (N-methyl/N-ethyl adjacent to an activating group) is 1. The van der Waals surface area contributed by atoms with E-state index < -0.39 is 16.1 Å². The first-order chi connectivity index (χ1) is 8.37. The van der Waals surface area contributed by atoms with E-state index in [4.69, 9.17) is 11.6 Å². The Hall–Kier alpha value is -0.620. The first-order valence-corrected chi connectivity index (χ1v) is 7.64. The zero-order valence-electron chi connectivity index (χ0n) is 10.5. The number of nitrogens with zero attached hydrogens (tertiary/aromatic N) is 1. The van der Waals surface area contributed by atoms with Crippen LogP contribution in [0, 0.1) is 0 Å². The van der Waals surface area contributed by atoms with Gasteiger partial charge in [0.2, 0.25) is 10.0 Å². The predicted molar refractivity (Wildman–Crippen MR) is 72.4 cm³/mol. The molecule has 0 heterocycles. The summed E-state index contributed by atoms with van der Waals surface area (Å²) in [6, 6.07) is 6.64. The SMILES string of the molecule is CC(O)CN(C)S(=O)(=O)c1ccc(CCCl)cc1. The number of aliphatic hydroxyl groups excluding tert-OH is 1. The Bertz CT molecular complexity index is 471. The van der Waals surface area contributed by atoms with E-state index >= 15 is 0 Å². The summed E-state index contributed by atoms with van der Waals surface area (Å²) in [5, 5.41) is 9.23. The Kier molecular flexibility index (Phi) is 5.59. The van der Waals surface area contributed by atoms with Gasteiger partial charge in [0.15, 0.2) is 0 Å². The van der Waals surface area contributed by atoms with Crippen molar-refractivity contribution in [1.29, 1.82) is 0 Å². The molecule has 1 N–H and O–H groups in total. The fraction of sp³-hybridized carbons (Fsp3) is 0.500. The maximum Gasteiger partial charge on any atom is 0.242 e. The van der Waals surface area contributed by atoms with Crippen LogP contribution >= 0.6 is 11.6 Å². The highest BCUT2D eigenvalue weighted by atomic mass is 35.5. The van der Waals surface area contributed by atoms with E-state index in [0.29, 0.717) is 12.3 Å². The van der Waals surface area contributed by atoms with Crippen LogP contribution in [0.1, 0.15) is 12.5 Å². The quantitative estimate of drug-likeness (QED) is 0.808. The number of rotatable bonds is 6. The van der Waals surface area contributed by atoms with Crippen molar-refractivity contribution in [2.24, 2.45) is 0 Å². The second kappa shape index (κ2) is 6.52. The Balaban J connectivity index is 2.91. The van der Waals surface area contributed by atoms with Crippen LogP contribution in [-0.4, -0.2) is 43.4 Å². The Labute approximate surface area is 113 Å². The Morgan fingerprint density at radius 3 is 2.33 bits per heavy atom. The van der Waals surface area contributed by atoms with Crippen molar-refractivity contribution in [2.45, 2.75) is 24.3 Å². The summed E-state index contributed by atoms with van der Waals surface area (Å²) in [7, 11) is -2.07. The van der Waals surface area contributed by atoms with Crippen LogP contribution < -0.4 is 0 Å².